The van der Waals surface area contributed by atoms with Gasteiger partial charge >= 0.3 is 0 Å². The molecule has 1 aliphatic heterocycles. The summed E-state index contributed by atoms with van der Waals surface area (Å²) >= 11 is 4.58. The molecule has 0 radical (unpaired) electrons. The van der Waals surface area contributed by atoms with E-state index in [1.54, 1.807) is 42.5 Å². The maximum Gasteiger partial charge on any atom is 0.242 e. The van der Waals surface area contributed by atoms with Gasteiger partial charge in [0.15, 0.2) is 11.0 Å². The SMILES string of the molecule is C=CCN1C(=O)C(CC(=O)c2ccc(Br)cc2)SC1=Nc1ccc(F)cc1. The number of nitrogens with zero attached hydrogens (tertiary/aromatic N) is 2. The van der Waals surface area contributed by atoms with Gasteiger partial charge < -0.3 is 0 Å². The minimum atomic E-state index is -0.541. The average molecular weight is 447 g/mol. The highest BCUT2D eigenvalue weighted by Crippen LogP contribution is 2.32. The molecule has 0 saturated carbocycles. The number of carbonyl (C=O) groups is 2. The fourth-order valence-corrected chi connectivity index (χ4v) is 4.00. The van der Waals surface area contributed by atoms with Crippen LogP contribution >= 0.6 is 27.7 Å². The van der Waals surface area contributed by atoms with Crippen molar-refractivity contribution in [2.45, 2.75) is 11.7 Å². The maximum absolute atomic E-state index is 13.1. The number of aliphatic imine (C=N–C) groups is 1. The number of thioether (sulfide) groups is 1. The summed E-state index contributed by atoms with van der Waals surface area (Å²) in [6.07, 6.45) is 1.69. The molecule has 3 rings (SSSR count). The molecule has 0 bridgehead atoms. The normalized spacial score (nSPS) is 18.1. The van der Waals surface area contributed by atoms with Crippen LogP contribution in [0.4, 0.5) is 10.1 Å². The highest BCUT2D eigenvalue weighted by molar-refractivity contribution is 9.10. The van der Waals surface area contributed by atoms with Crippen LogP contribution in [0.2, 0.25) is 0 Å². The Kier molecular flexibility index (Phi) is 6.23. The molecule has 7 heteroatoms. The molecule has 1 unspecified atom stereocenters. The Morgan fingerprint density at radius 3 is 2.52 bits per heavy atom. The number of amidine groups is 1. The van der Waals surface area contributed by atoms with E-state index in [0.717, 1.165) is 4.47 Å². The second-order valence-corrected chi connectivity index (χ2v) is 7.93. The van der Waals surface area contributed by atoms with Crippen molar-refractivity contribution >= 4 is 50.2 Å². The minimum absolute atomic E-state index is 0.0845. The number of ketones is 1. The lowest BCUT2D eigenvalue weighted by molar-refractivity contribution is -0.125. The Morgan fingerprint density at radius 2 is 1.89 bits per heavy atom. The van der Waals surface area contributed by atoms with Crippen molar-refractivity contribution in [3.8, 4) is 0 Å². The standard InChI is InChI=1S/C20H16BrFN2O2S/c1-2-11-24-19(26)18(12-17(25)13-3-5-14(21)6-4-13)27-20(24)23-16-9-7-15(22)8-10-16/h2-10,18H,1,11-12H2. The number of hydrogen-bond donors (Lipinski definition) is 0. The average Bonchev–Trinajstić information content (AvgIpc) is 2.93. The van der Waals surface area contributed by atoms with Crippen molar-refractivity contribution in [2.75, 3.05) is 6.54 Å². The number of halogens is 2. The highest BCUT2D eigenvalue weighted by atomic mass is 79.9. The topological polar surface area (TPSA) is 49.7 Å². The van der Waals surface area contributed by atoms with Gasteiger partial charge in [-0.3, -0.25) is 14.5 Å². The van der Waals surface area contributed by atoms with Gasteiger partial charge in [0.25, 0.3) is 0 Å². The third-order valence-corrected chi connectivity index (χ3v) is 5.62. The Balaban J connectivity index is 1.79. The maximum atomic E-state index is 13.1. The van der Waals surface area contributed by atoms with E-state index in [2.05, 4.69) is 27.5 Å². The molecular weight excluding hydrogens is 431 g/mol. The van der Waals surface area contributed by atoms with Crippen molar-refractivity contribution in [3.63, 3.8) is 0 Å². The van der Waals surface area contributed by atoms with Crippen LogP contribution in [0, 0.1) is 5.82 Å². The van der Waals surface area contributed by atoms with Crippen LogP contribution in [0.3, 0.4) is 0 Å². The molecule has 0 spiro atoms. The molecule has 27 heavy (non-hydrogen) atoms. The molecule has 2 aromatic carbocycles. The fourth-order valence-electron chi connectivity index (χ4n) is 2.57. The number of carbonyl (C=O) groups excluding carboxylic acids is 2. The lowest BCUT2D eigenvalue weighted by Gasteiger charge is -2.13. The van der Waals surface area contributed by atoms with Crippen molar-refractivity contribution in [1.29, 1.82) is 0 Å². The third kappa shape index (κ3) is 4.73. The monoisotopic (exact) mass is 446 g/mol. The smallest absolute Gasteiger partial charge is 0.242 e. The summed E-state index contributed by atoms with van der Waals surface area (Å²) in [6, 6.07) is 12.8. The molecule has 1 fully saturated rings. The van der Waals surface area contributed by atoms with Gasteiger partial charge in [-0.1, -0.05) is 45.9 Å². The van der Waals surface area contributed by atoms with E-state index in [4.69, 9.17) is 0 Å². The molecule has 2 aromatic rings. The lowest BCUT2D eigenvalue weighted by Crippen LogP contribution is -2.32. The number of rotatable bonds is 6. The first-order valence-corrected chi connectivity index (χ1v) is 9.87. The Labute approximate surface area is 169 Å². The zero-order valence-corrected chi connectivity index (χ0v) is 16.7. The summed E-state index contributed by atoms with van der Waals surface area (Å²) < 4.78 is 14.0. The molecule has 1 atom stereocenters. The zero-order valence-electron chi connectivity index (χ0n) is 14.3. The highest BCUT2D eigenvalue weighted by Gasteiger charge is 2.38. The van der Waals surface area contributed by atoms with E-state index in [-0.39, 0.29) is 23.9 Å². The quantitative estimate of drug-likeness (QED) is 0.464. The van der Waals surface area contributed by atoms with Crippen LogP contribution in [0.15, 0.2) is 70.7 Å². The van der Waals surface area contributed by atoms with Gasteiger partial charge in [0.1, 0.15) is 5.82 Å². The van der Waals surface area contributed by atoms with Crippen LogP contribution in [0.5, 0.6) is 0 Å². The van der Waals surface area contributed by atoms with E-state index in [1.807, 2.05) is 0 Å². The zero-order chi connectivity index (χ0) is 19.4. The van der Waals surface area contributed by atoms with Crippen LogP contribution in [-0.4, -0.2) is 33.6 Å². The number of Topliss-reactive ketones (excluding diaryl/α,β-unsaturated/α-hetero) is 1. The first-order chi connectivity index (χ1) is 13.0. The molecule has 4 nitrogen and oxygen atoms in total. The van der Waals surface area contributed by atoms with Crippen LogP contribution in [0.1, 0.15) is 16.8 Å². The second-order valence-electron chi connectivity index (χ2n) is 5.85. The Hall–Kier alpha value is -2.25. The van der Waals surface area contributed by atoms with Gasteiger partial charge in [-0.15, -0.1) is 6.58 Å². The van der Waals surface area contributed by atoms with Gasteiger partial charge in [0.2, 0.25) is 5.91 Å². The van der Waals surface area contributed by atoms with E-state index < -0.39 is 5.25 Å². The fraction of sp³-hybridized carbons (Fsp3) is 0.150. The van der Waals surface area contributed by atoms with Gasteiger partial charge in [0, 0.05) is 23.0 Å². The van der Waals surface area contributed by atoms with Crippen molar-refractivity contribution in [2.24, 2.45) is 4.99 Å². The summed E-state index contributed by atoms with van der Waals surface area (Å²) in [5, 5.41) is -0.0552. The number of hydrogen-bond acceptors (Lipinski definition) is 4. The van der Waals surface area contributed by atoms with Gasteiger partial charge in [-0.25, -0.2) is 9.38 Å². The Morgan fingerprint density at radius 1 is 1.22 bits per heavy atom. The molecule has 0 aliphatic carbocycles. The number of benzene rings is 2. The molecule has 1 saturated heterocycles. The Bertz CT molecular complexity index is 897. The largest absolute Gasteiger partial charge is 0.294 e. The first kappa shape index (κ1) is 19.5. The van der Waals surface area contributed by atoms with Gasteiger partial charge in [0.05, 0.1) is 10.9 Å². The van der Waals surface area contributed by atoms with Gasteiger partial charge in [-0.05, 0) is 36.4 Å². The summed E-state index contributed by atoms with van der Waals surface area (Å²) in [6.45, 7) is 3.97. The van der Waals surface area contributed by atoms with E-state index in [0.29, 0.717) is 23.0 Å². The van der Waals surface area contributed by atoms with Gasteiger partial charge in [-0.2, -0.15) is 0 Å². The molecule has 1 aliphatic rings. The van der Waals surface area contributed by atoms with Crippen molar-refractivity contribution in [3.05, 3.63) is 77.0 Å². The third-order valence-electron chi connectivity index (χ3n) is 3.92. The van der Waals surface area contributed by atoms with Crippen molar-refractivity contribution in [1.82, 2.24) is 4.90 Å². The summed E-state index contributed by atoms with van der Waals surface area (Å²) in [5.74, 6) is -0.629. The minimum Gasteiger partial charge on any atom is -0.294 e. The molecule has 1 heterocycles. The van der Waals surface area contributed by atoms with Crippen LogP contribution in [-0.2, 0) is 4.79 Å². The van der Waals surface area contributed by atoms with E-state index >= 15 is 0 Å². The summed E-state index contributed by atoms with van der Waals surface area (Å²) in [4.78, 5) is 31.2. The molecule has 1 amide bonds. The molecule has 0 aromatic heterocycles. The lowest BCUT2D eigenvalue weighted by atomic mass is 10.1. The van der Waals surface area contributed by atoms with E-state index in [1.165, 1.54) is 28.8 Å². The first-order valence-electron chi connectivity index (χ1n) is 8.20. The van der Waals surface area contributed by atoms with Crippen LogP contribution in [0.25, 0.3) is 0 Å². The predicted molar refractivity (Wildman–Crippen MR) is 110 cm³/mol. The van der Waals surface area contributed by atoms with Crippen molar-refractivity contribution < 1.29 is 14.0 Å². The summed E-state index contributed by atoms with van der Waals surface area (Å²) in [7, 11) is 0. The second kappa shape index (κ2) is 8.63. The summed E-state index contributed by atoms with van der Waals surface area (Å²) in [5.41, 5.74) is 1.10. The molecule has 0 N–H and O–H groups in total. The van der Waals surface area contributed by atoms with Crippen LogP contribution < -0.4 is 0 Å². The number of amides is 1. The predicted octanol–water partition coefficient (Wildman–Crippen LogP) is 4.98. The van der Waals surface area contributed by atoms with E-state index in [9.17, 15) is 14.0 Å². The molecular formula is C20H16BrFN2O2S. The molecule has 138 valence electrons.